The number of rotatable bonds is 0. The molecule has 0 saturated heterocycles. The maximum atomic E-state index is 14.2. The average Bonchev–Trinajstić information content (AvgIpc) is 2.72. The predicted molar refractivity (Wildman–Crippen MR) is 84.0 cm³/mol. The SMILES string of the molecule is C[C@]12CC[C@H]3[C@@H](CC=C4CCC[C@@H](O)[C@@]43C)[C@@H]1C[C@@H](F)[C@@H]2O. The van der Waals surface area contributed by atoms with Crippen LogP contribution < -0.4 is 0 Å². The second-order valence-corrected chi connectivity index (χ2v) is 8.77. The molecule has 0 bridgehead atoms. The van der Waals surface area contributed by atoms with Gasteiger partial charge in [-0.25, -0.2) is 4.39 Å². The topological polar surface area (TPSA) is 40.5 Å². The minimum absolute atomic E-state index is 0.109. The van der Waals surface area contributed by atoms with Crippen LogP contribution in [0, 0.1) is 28.6 Å². The quantitative estimate of drug-likeness (QED) is 0.671. The molecule has 0 amide bonds. The zero-order valence-corrected chi connectivity index (χ0v) is 13.8. The molecule has 4 rings (SSSR count). The number of hydrogen-bond donors (Lipinski definition) is 2. The van der Waals surface area contributed by atoms with E-state index in [9.17, 15) is 14.6 Å². The van der Waals surface area contributed by atoms with Crippen LogP contribution in [0.25, 0.3) is 0 Å². The molecule has 0 aromatic rings. The van der Waals surface area contributed by atoms with Gasteiger partial charge >= 0.3 is 0 Å². The summed E-state index contributed by atoms with van der Waals surface area (Å²) in [4.78, 5) is 0. The molecule has 0 aromatic carbocycles. The van der Waals surface area contributed by atoms with Gasteiger partial charge in [0.05, 0.1) is 12.2 Å². The number of aliphatic hydroxyl groups excluding tert-OH is 2. The molecule has 3 fully saturated rings. The molecule has 0 radical (unpaired) electrons. The van der Waals surface area contributed by atoms with Crippen molar-refractivity contribution in [1.29, 1.82) is 0 Å². The fourth-order valence-corrected chi connectivity index (χ4v) is 6.66. The fraction of sp³-hybridized carbons (Fsp3) is 0.895. The van der Waals surface area contributed by atoms with Gasteiger partial charge in [-0.2, -0.15) is 0 Å². The molecule has 0 aromatic heterocycles. The summed E-state index contributed by atoms with van der Waals surface area (Å²) in [6, 6.07) is 0. The number of hydrogen-bond acceptors (Lipinski definition) is 2. The summed E-state index contributed by atoms with van der Waals surface area (Å²) in [7, 11) is 0. The molecule has 8 atom stereocenters. The Kier molecular flexibility index (Phi) is 3.30. The second kappa shape index (κ2) is 4.80. The van der Waals surface area contributed by atoms with Gasteiger partial charge in [-0.05, 0) is 68.1 Å². The molecule has 3 heteroatoms. The smallest absolute Gasteiger partial charge is 0.127 e. The third kappa shape index (κ3) is 1.73. The largest absolute Gasteiger partial charge is 0.392 e. The van der Waals surface area contributed by atoms with Crippen molar-refractivity contribution in [1.82, 2.24) is 0 Å². The standard InChI is InChI=1S/C19H29FO2/c1-18-9-8-13-12(14(18)10-15(20)17(18)22)7-6-11-4-3-5-16(21)19(11,13)2/h6,12-17,21-22H,3-5,7-10H2,1-2H3/t12-,13+,14+,15-,16-,17+,18+,19+/m1/s1. The normalized spacial score (nSPS) is 57.6. The first-order chi connectivity index (χ1) is 10.4. The van der Waals surface area contributed by atoms with Gasteiger partial charge in [-0.15, -0.1) is 0 Å². The first-order valence-electron chi connectivity index (χ1n) is 9.08. The van der Waals surface area contributed by atoms with Crippen LogP contribution in [0.1, 0.15) is 58.8 Å². The van der Waals surface area contributed by atoms with Crippen molar-refractivity contribution in [3.63, 3.8) is 0 Å². The fourth-order valence-electron chi connectivity index (χ4n) is 6.66. The molecule has 4 aliphatic carbocycles. The van der Waals surface area contributed by atoms with Gasteiger partial charge < -0.3 is 10.2 Å². The van der Waals surface area contributed by atoms with E-state index in [1.54, 1.807) is 0 Å². The highest BCUT2D eigenvalue weighted by Crippen LogP contribution is 2.65. The minimum atomic E-state index is -1.07. The van der Waals surface area contributed by atoms with Crippen molar-refractivity contribution in [2.24, 2.45) is 28.6 Å². The van der Waals surface area contributed by atoms with E-state index in [2.05, 4.69) is 19.9 Å². The second-order valence-electron chi connectivity index (χ2n) is 8.77. The van der Waals surface area contributed by atoms with Gasteiger partial charge in [0.2, 0.25) is 0 Å². The molecule has 0 aliphatic heterocycles. The summed E-state index contributed by atoms with van der Waals surface area (Å²) < 4.78 is 14.2. The molecule has 22 heavy (non-hydrogen) atoms. The van der Waals surface area contributed by atoms with E-state index in [-0.39, 0.29) is 22.9 Å². The Morgan fingerprint density at radius 3 is 2.73 bits per heavy atom. The van der Waals surface area contributed by atoms with Gasteiger partial charge in [-0.1, -0.05) is 25.5 Å². The van der Waals surface area contributed by atoms with Gasteiger partial charge in [-0.3, -0.25) is 0 Å². The molecule has 124 valence electrons. The molecule has 4 aliphatic rings. The van der Waals surface area contributed by atoms with Crippen LogP contribution in [0.5, 0.6) is 0 Å². The van der Waals surface area contributed by atoms with E-state index in [4.69, 9.17) is 0 Å². The molecule has 2 N–H and O–H groups in total. The lowest BCUT2D eigenvalue weighted by atomic mass is 9.47. The lowest BCUT2D eigenvalue weighted by Crippen LogP contribution is -2.54. The Hall–Kier alpha value is -0.410. The number of alkyl halides is 1. The zero-order chi connectivity index (χ0) is 15.7. The molecule has 2 nitrogen and oxygen atoms in total. The Balaban J connectivity index is 1.72. The highest BCUT2D eigenvalue weighted by atomic mass is 19.1. The van der Waals surface area contributed by atoms with E-state index < -0.39 is 12.3 Å². The van der Waals surface area contributed by atoms with Crippen LogP contribution in [0.2, 0.25) is 0 Å². The Morgan fingerprint density at radius 1 is 1.18 bits per heavy atom. The molecule has 0 spiro atoms. The molecule has 3 saturated carbocycles. The number of halogens is 1. The van der Waals surface area contributed by atoms with Gasteiger partial charge in [0.15, 0.2) is 0 Å². The van der Waals surface area contributed by atoms with Crippen molar-refractivity contribution in [3.8, 4) is 0 Å². The Bertz CT molecular complexity index is 504. The Morgan fingerprint density at radius 2 is 1.95 bits per heavy atom. The summed E-state index contributed by atoms with van der Waals surface area (Å²) in [5.74, 6) is 1.15. The van der Waals surface area contributed by atoms with Crippen molar-refractivity contribution in [2.75, 3.05) is 0 Å². The summed E-state index contributed by atoms with van der Waals surface area (Å²) in [6.45, 7) is 4.34. The average molecular weight is 308 g/mol. The third-order valence-corrected chi connectivity index (χ3v) is 8.09. The van der Waals surface area contributed by atoms with E-state index in [1.807, 2.05) is 0 Å². The molecule has 0 unspecified atom stereocenters. The van der Waals surface area contributed by atoms with Crippen molar-refractivity contribution >= 4 is 0 Å². The lowest BCUT2D eigenvalue weighted by Gasteiger charge is -2.58. The van der Waals surface area contributed by atoms with Gasteiger partial charge in [0.25, 0.3) is 0 Å². The van der Waals surface area contributed by atoms with Crippen molar-refractivity contribution in [2.45, 2.75) is 77.2 Å². The lowest BCUT2D eigenvalue weighted by molar-refractivity contribution is -0.102. The maximum absolute atomic E-state index is 14.2. The predicted octanol–water partition coefficient (Wildman–Crippen LogP) is 3.62. The monoisotopic (exact) mass is 308 g/mol. The van der Waals surface area contributed by atoms with Crippen molar-refractivity contribution in [3.05, 3.63) is 11.6 Å². The van der Waals surface area contributed by atoms with Crippen LogP contribution in [0.3, 0.4) is 0 Å². The first kappa shape index (κ1) is 15.1. The highest BCUT2D eigenvalue weighted by Gasteiger charge is 2.62. The molecular weight excluding hydrogens is 279 g/mol. The molecular formula is C19H29FO2. The van der Waals surface area contributed by atoms with Gasteiger partial charge in [0.1, 0.15) is 6.17 Å². The van der Waals surface area contributed by atoms with Crippen LogP contribution in [-0.2, 0) is 0 Å². The summed E-state index contributed by atoms with van der Waals surface area (Å²) in [5.41, 5.74) is 1.08. The van der Waals surface area contributed by atoms with Crippen LogP contribution in [0.15, 0.2) is 11.6 Å². The Labute approximate surface area is 132 Å². The van der Waals surface area contributed by atoms with E-state index >= 15 is 0 Å². The summed E-state index contributed by atoms with van der Waals surface area (Å²) in [5, 5.41) is 21.1. The van der Waals surface area contributed by atoms with Crippen molar-refractivity contribution < 1.29 is 14.6 Å². The highest BCUT2D eigenvalue weighted by molar-refractivity contribution is 5.26. The van der Waals surface area contributed by atoms with Crippen LogP contribution in [0.4, 0.5) is 4.39 Å². The van der Waals surface area contributed by atoms with E-state index in [1.165, 1.54) is 5.57 Å². The summed E-state index contributed by atoms with van der Waals surface area (Å²) in [6.07, 6.45) is 6.78. The van der Waals surface area contributed by atoms with E-state index in [0.29, 0.717) is 18.3 Å². The number of aliphatic hydroxyl groups is 2. The number of allylic oxidation sites excluding steroid dienone is 1. The number of fused-ring (bicyclic) bond motifs is 5. The van der Waals surface area contributed by atoms with Gasteiger partial charge in [0, 0.05) is 5.41 Å². The van der Waals surface area contributed by atoms with E-state index in [0.717, 1.165) is 38.5 Å². The first-order valence-corrected chi connectivity index (χ1v) is 9.08. The molecule has 0 heterocycles. The van der Waals surface area contributed by atoms with Crippen LogP contribution in [-0.4, -0.2) is 28.6 Å². The maximum Gasteiger partial charge on any atom is 0.127 e. The minimum Gasteiger partial charge on any atom is -0.392 e. The summed E-state index contributed by atoms with van der Waals surface area (Å²) >= 11 is 0. The zero-order valence-electron chi connectivity index (χ0n) is 13.8. The third-order valence-electron chi connectivity index (χ3n) is 8.09. The van der Waals surface area contributed by atoms with Crippen LogP contribution >= 0.6 is 0 Å².